The molecular formula is C15H19NO4. The van der Waals surface area contributed by atoms with Gasteiger partial charge in [-0.1, -0.05) is 0 Å². The molecule has 20 heavy (non-hydrogen) atoms. The number of rotatable bonds is 6. The highest BCUT2D eigenvalue weighted by molar-refractivity contribution is 5.98. The van der Waals surface area contributed by atoms with Gasteiger partial charge in [-0.3, -0.25) is 4.79 Å². The minimum absolute atomic E-state index is 0.120. The molecule has 0 heterocycles. The molecule has 0 bridgehead atoms. The number of hydrogen-bond acceptors (Lipinski definition) is 4. The Kier molecular flexibility index (Phi) is 5.73. The van der Waals surface area contributed by atoms with E-state index in [0.29, 0.717) is 29.2 Å². The first kappa shape index (κ1) is 15.7. The second-order valence-electron chi connectivity index (χ2n) is 4.19. The summed E-state index contributed by atoms with van der Waals surface area (Å²) in [5, 5.41) is 2.80. The molecule has 0 saturated carbocycles. The van der Waals surface area contributed by atoms with Crippen LogP contribution in [0.2, 0.25) is 0 Å². The van der Waals surface area contributed by atoms with Gasteiger partial charge in [-0.25, -0.2) is 0 Å². The van der Waals surface area contributed by atoms with Crippen molar-refractivity contribution in [3.8, 4) is 29.6 Å². The first-order chi connectivity index (χ1) is 9.57. The maximum Gasteiger partial charge on any atom is 0.255 e. The van der Waals surface area contributed by atoms with Gasteiger partial charge < -0.3 is 19.5 Å². The van der Waals surface area contributed by atoms with Gasteiger partial charge in [0.1, 0.15) is 5.75 Å². The fraction of sp³-hybridized carbons (Fsp3) is 0.400. The number of methoxy groups -OCH3 is 3. The van der Waals surface area contributed by atoms with Gasteiger partial charge in [-0.15, -0.1) is 12.3 Å². The standard InChI is InChI=1S/C15H19NO4/c1-6-7-10(2)16-15(17)11-8-13(19-4)14(20-5)9-12(11)18-3/h1,8-10H,7H2,2-5H3,(H,16,17). The molecule has 5 nitrogen and oxygen atoms in total. The van der Waals surface area contributed by atoms with Crippen LogP contribution >= 0.6 is 0 Å². The molecular weight excluding hydrogens is 258 g/mol. The van der Waals surface area contributed by atoms with Crippen LogP contribution in [0.1, 0.15) is 23.7 Å². The highest BCUT2D eigenvalue weighted by Crippen LogP contribution is 2.34. The number of carbonyl (C=O) groups is 1. The summed E-state index contributed by atoms with van der Waals surface area (Å²) >= 11 is 0. The Balaban J connectivity index is 3.10. The van der Waals surface area contributed by atoms with Crippen molar-refractivity contribution in [1.82, 2.24) is 5.32 Å². The number of carbonyl (C=O) groups excluding carboxylic acids is 1. The van der Waals surface area contributed by atoms with E-state index in [0.717, 1.165) is 0 Å². The third-order valence-electron chi connectivity index (χ3n) is 2.75. The Bertz CT molecular complexity index is 519. The molecule has 0 aliphatic carbocycles. The van der Waals surface area contributed by atoms with Crippen LogP contribution in [0.5, 0.6) is 17.2 Å². The Hall–Kier alpha value is -2.35. The van der Waals surface area contributed by atoms with Crippen LogP contribution < -0.4 is 19.5 Å². The lowest BCUT2D eigenvalue weighted by molar-refractivity contribution is 0.0937. The molecule has 1 aromatic rings. The number of benzene rings is 1. The summed E-state index contributed by atoms with van der Waals surface area (Å²) in [5.41, 5.74) is 0.369. The molecule has 0 saturated heterocycles. The Morgan fingerprint density at radius 1 is 1.20 bits per heavy atom. The molecule has 0 aromatic heterocycles. The van der Waals surface area contributed by atoms with Gasteiger partial charge in [0.15, 0.2) is 11.5 Å². The normalized spacial score (nSPS) is 11.2. The third-order valence-corrected chi connectivity index (χ3v) is 2.75. The maximum atomic E-state index is 12.2. The molecule has 1 atom stereocenters. The molecule has 1 rings (SSSR count). The minimum Gasteiger partial charge on any atom is -0.496 e. The predicted molar refractivity (Wildman–Crippen MR) is 76.5 cm³/mol. The van der Waals surface area contributed by atoms with Gasteiger partial charge in [0, 0.05) is 24.6 Å². The maximum absolute atomic E-state index is 12.2. The zero-order valence-electron chi connectivity index (χ0n) is 12.1. The Labute approximate surface area is 119 Å². The van der Waals surface area contributed by atoms with E-state index in [1.54, 1.807) is 12.1 Å². The molecule has 1 aromatic carbocycles. The van der Waals surface area contributed by atoms with E-state index < -0.39 is 0 Å². The zero-order valence-corrected chi connectivity index (χ0v) is 12.1. The molecule has 0 aliphatic heterocycles. The van der Waals surface area contributed by atoms with E-state index >= 15 is 0 Å². The second-order valence-corrected chi connectivity index (χ2v) is 4.19. The third kappa shape index (κ3) is 3.58. The molecule has 1 amide bonds. The molecule has 0 radical (unpaired) electrons. The van der Waals surface area contributed by atoms with Crippen molar-refractivity contribution in [3.05, 3.63) is 17.7 Å². The van der Waals surface area contributed by atoms with E-state index in [4.69, 9.17) is 20.6 Å². The molecule has 1 unspecified atom stereocenters. The van der Waals surface area contributed by atoms with Crippen molar-refractivity contribution in [3.63, 3.8) is 0 Å². The largest absolute Gasteiger partial charge is 0.496 e. The second kappa shape index (κ2) is 7.29. The Morgan fingerprint density at radius 2 is 1.75 bits per heavy atom. The van der Waals surface area contributed by atoms with E-state index in [-0.39, 0.29) is 11.9 Å². The number of amides is 1. The van der Waals surface area contributed by atoms with Crippen molar-refractivity contribution >= 4 is 5.91 Å². The average molecular weight is 277 g/mol. The summed E-state index contributed by atoms with van der Waals surface area (Å²) in [5.74, 6) is 3.60. The lowest BCUT2D eigenvalue weighted by Crippen LogP contribution is -2.32. The van der Waals surface area contributed by atoms with Crippen LogP contribution in [0, 0.1) is 12.3 Å². The molecule has 0 fully saturated rings. The predicted octanol–water partition coefficient (Wildman–Crippen LogP) is 1.85. The van der Waals surface area contributed by atoms with E-state index in [2.05, 4.69) is 11.2 Å². The van der Waals surface area contributed by atoms with E-state index in [1.807, 2.05) is 6.92 Å². The smallest absolute Gasteiger partial charge is 0.255 e. The van der Waals surface area contributed by atoms with Crippen molar-refractivity contribution in [1.29, 1.82) is 0 Å². The minimum atomic E-state index is -0.273. The fourth-order valence-electron chi connectivity index (χ4n) is 1.74. The highest BCUT2D eigenvalue weighted by atomic mass is 16.5. The first-order valence-electron chi connectivity index (χ1n) is 6.11. The first-order valence-corrected chi connectivity index (χ1v) is 6.11. The average Bonchev–Trinajstić information content (AvgIpc) is 2.45. The number of ether oxygens (including phenoxy) is 3. The van der Waals surface area contributed by atoms with E-state index in [9.17, 15) is 4.79 Å². The summed E-state index contributed by atoms with van der Waals surface area (Å²) in [7, 11) is 4.52. The van der Waals surface area contributed by atoms with Crippen LogP contribution in [0.25, 0.3) is 0 Å². The number of nitrogens with one attached hydrogen (secondary N) is 1. The van der Waals surface area contributed by atoms with Crippen LogP contribution in [0.3, 0.4) is 0 Å². The molecule has 0 aliphatic rings. The molecule has 5 heteroatoms. The van der Waals surface area contributed by atoms with Crippen molar-refractivity contribution in [2.75, 3.05) is 21.3 Å². The summed E-state index contributed by atoms with van der Waals surface area (Å²) in [6, 6.07) is 3.07. The van der Waals surface area contributed by atoms with Crippen LogP contribution in [0.15, 0.2) is 12.1 Å². The van der Waals surface area contributed by atoms with Crippen molar-refractivity contribution in [2.45, 2.75) is 19.4 Å². The molecule has 1 N–H and O–H groups in total. The quantitative estimate of drug-likeness (QED) is 0.806. The van der Waals surface area contributed by atoms with Gasteiger partial charge in [0.05, 0.1) is 26.9 Å². The van der Waals surface area contributed by atoms with Gasteiger partial charge in [0.2, 0.25) is 0 Å². The topological polar surface area (TPSA) is 56.8 Å². The van der Waals surface area contributed by atoms with Gasteiger partial charge in [-0.05, 0) is 6.92 Å². The SMILES string of the molecule is C#CCC(C)NC(=O)c1cc(OC)c(OC)cc1OC. The lowest BCUT2D eigenvalue weighted by atomic mass is 10.1. The van der Waals surface area contributed by atoms with Crippen LogP contribution in [0.4, 0.5) is 0 Å². The van der Waals surface area contributed by atoms with Crippen molar-refractivity contribution < 1.29 is 19.0 Å². The van der Waals surface area contributed by atoms with E-state index in [1.165, 1.54) is 21.3 Å². The van der Waals surface area contributed by atoms with Crippen molar-refractivity contribution in [2.24, 2.45) is 0 Å². The lowest BCUT2D eigenvalue weighted by Gasteiger charge is -2.16. The molecule has 108 valence electrons. The van der Waals surface area contributed by atoms with Gasteiger partial charge in [0.25, 0.3) is 5.91 Å². The monoisotopic (exact) mass is 277 g/mol. The number of hydrogen-bond donors (Lipinski definition) is 1. The summed E-state index contributed by atoms with van der Waals surface area (Å²) in [6.07, 6.45) is 5.68. The Morgan fingerprint density at radius 3 is 2.25 bits per heavy atom. The molecule has 0 spiro atoms. The summed E-state index contributed by atoms with van der Waals surface area (Å²) in [4.78, 5) is 12.2. The van der Waals surface area contributed by atoms with Gasteiger partial charge in [-0.2, -0.15) is 0 Å². The summed E-state index contributed by atoms with van der Waals surface area (Å²) in [6.45, 7) is 1.84. The fourth-order valence-corrected chi connectivity index (χ4v) is 1.74. The van der Waals surface area contributed by atoms with Crippen LogP contribution in [-0.2, 0) is 0 Å². The summed E-state index contributed by atoms with van der Waals surface area (Å²) < 4.78 is 15.6. The highest BCUT2D eigenvalue weighted by Gasteiger charge is 2.18. The van der Waals surface area contributed by atoms with Crippen LogP contribution in [-0.4, -0.2) is 33.3 Å². The number of terminal acetylenes is 1. The van der Waals surface area contributed by atoms with Gasteiger partial charge >= 0.3 is 0 Å². The zero-order chi connectivity index (χ0) is 15.1.